The van der Waals surface area contributed by atoms with Crippen LogP contribution in [-0.2, 0) is 0 Å². The maximum absolute atomic E-state index is 5.46. The lowest BCUT2D eigenvalue weighted by molar-refractivity contribution is 0.524. The summed E-state index contributed by atoms with van der Waals surface area (Å²) in [5, 5.41) is 3.36. The van der Waals surface area contributed by atoms with Crippen molar-refractivity contribution in [3.63, 3.8) is 0 Å². The Labute approximate surface area is 86.0 Å². The van der Waals surface area contributed by atoms with Crippen molar-refractivity contribution in [3.05, 3.63) is 29.2 Å². The minimum absolute atomic E-state index is 0.525. The van der Waals surface area contributed by atoms with Crippen LogP contribution in [0.4, 0.5) is 0 Å². The molecule has 0 aliphatic rings. The molecule has 14 heavy (non-hydrogen) atoms. The monoisotopic (exact) mass is 193 g/mol. The van der Waals surface area contributed by atoms with Crippen molar-refractivity contribution in [2.45, 2.75) is 33.7 Å². The summed E-state index contributed by atoms with van der Waals surface area (Å²) in [5.74, 6) is 1.89. The first-order chi connectivity index (χ1) is 6.58. The van der Waals surface area contributed by atoms with E-state index in [2.05, 4.69) is 32.2 Å². The summed E-state index contributed by atoms with van der Waals surface area (Å²) in [6.45, 7) is 9.26. The van der Waals surface area contributed by atoms with Gasteiger partial charge in [-0.15, -0.1) is 0 Å². The molecule has 0 aliphatic heterocycles. The van der Waals surface area contributed by atoms with Crippen molar-refractivity contribution >= 4 is 6.08 Å². The zero-order valence-corrected chi connectivity index (χ0v) is 9.42. The van der Waals surface area contributed by atoms with E-state index in [1.54, 1.807) is 0 Å². The summed E-state index contributed by atoms with van der Waals surface area (Å²) in [6.07, 6.45) is 2.07. The topological polar surface area (TPSA) is 25.2 Å². The maximum atomic E-state index is 5.46. The quantitative estimate of drug-likeness (QED) is 0.795. The van der Waals surface area contributed by atoms with Crippen molar-refractivity contribution in [1.82, 2.24) is 5.32 Å². The summed E-state index contributed by atoms with van der Waals surface area (Å²) in [7, 11) is 0. The molecule has 78 valence electrons. The van der Waals surface area contributed by atoms with E-state index in [-0.39, 0.29) is 0 Å². The second-order valence-electron chi connectivity index (χ2n) is 3.97. The van der Waals surface area contributed by atoms with Crippen LogP contribution in [0.25, 0.3) is 6.08 Å². The van der Waals surface area contributed by atoms with Crippen molar-refractivity contribution in [2.75, 3.05) is 6.54 Å². The third-order valence-corrected chi connectivity index (χ3v) is 1.94. The fourth-order valence-corrected chi connectivity index (χ4v) is 1.19. The number of nitrogens with one attached hydrogen (secondary N) is 1. The van der Waals surface area contributed by atoms with Crippen molar-refractivity contribution in [2.24, 2.45) is 0 Å². The summed E-state index contributed by atoms with van der Waals surface area (Å²) in [5.41, 5.74) is 1.29. The molecule has 0 amide bonds. The Balaban J connectivity index is 2.51. The summed E-state index contributed by atoms with van der Waals surface area (Å²) >= 11 is 0. The van der Waals surface area contributed by atoms with Crippen LogP contribution in [0.1, 0.15) is 32.3 Å². The molecular weight excluding hydrogens is 174 g/mol. The molecule has 0 atom stereocenters. The molecule has 0 unspecified atom stereocenters. The van der Waals surface area contributed by atoms with Crippen LogP contribution in [0.15, 0.2) is 22.1 Å². The first-order valence-corrected chi connectivity index (χ1v) is 5.05. The summed E-state index contributed by atoms with van der Waals surface area (Å²) in [6, 6.07) is 4.50. The van der Waals surface area contributed by atoms with Crippen molar-refractivity contribution in [1.29, 1.82) is 0 Å². The lowest BCUT2D eigenvalue weighted by Gasteiger charge is -2.07. The molecular formula is C12H19NO. The van der Waals surface area contributed by atoms with Crippen LogP contribution >= 0.6 is 0 Å². The summed E-state index contributed by atoms with van der Waals surface area (Å²) < 4.78 is 5.46. The zero-order valence-electron chi connectivity index (χ0n) is 9.42. The molecule has 0 fully saturated rings. The van der Waals surface area contributed by atoms with Gasteiger partial charge in [-0.3, -0.25) is 0 Å². The molecule has 2 heteroatoms. The Morgan fingerprint density at radius 3 is 2.71 bits per heavy atom. The van der Waals surface area contributed by atoms with Gasteiger partial charge in [-0.25, -0.2) is 0 Å². The highest BCUT2D eigenvalue weighted by Gasteiger charge is 1.97. The van der Waals surface area contributed by atoms with Gasteiger partial charge in [0.2, 0.25) is 0 Å². The third kappa shape index (κ3) is 3.79. The van der Waals surface area contributed by atoms with Crippen LogP contribution in [0.2, 0.25) is 0 Å². The van der Waals surface area contributed by atoms with Crippen LogP contribution in [0.3, 0.4) is 0 Å². The zero-order chi connectivity index (χ0) is 10.6. The summed E-state index contributed by atoms with van der Waals surface area (Å²) in [4.78, 5) is 0. The SMILES string of the molecule is CC(=Cc1ccc(C)o1)CNC(C)C. The van der Waals surface area contributed by atoms with E-state index in [9.17, 15) is 0 Å². The minimum atomic E-state index is 0.525. The third-order valence-electron chi connectivity index (χ3n) is 1.94. The van der Waals surface area contributed by atoms with E-state index in [1.165, 1.54) is 5.57 Å². The second-order valence-corrected chi connectivity index (χ2v) is 3.97. The average molecular weight is 193 g/mol. The highest BCUT2D eigenvalue weighted by Crippen LogP contribution is 2.10. The smallest absolute Gasteiger partial charge is 0.127 e. The number of aryl methyl sites for hydroxylation is 1. The Hall–Kier alpha value is -1.02. The van der Waals surface area contributed by atoms with Gasteiger partial charge in [-0.1, -0.05) is 19.4 Å². The minimum Gasteiger partial charge on any atom is -0.462 e. The average Bonchev–Trinajstić information content (AvgIpc) is 2.48. The number of hydrogen-bond acceptors (Lipinski definition) is 2. The Morgan fingerprint density at radius 1 is 1.50 bits per heavy atom. The highest BCUT2D eigenvalue weighted by molar-refractivity contribution is 5.47. The van der Waals surface area contributed by atoms with Gasteiger partial charge in [-0.05, 0) is 32.1 Å². The first kappa shape index (κ1) is 11.1. The number of hydrogen-bond donors (Lipinski definition) is 1. The molecule has 0 spiro atoms. The van der Waals surface area contributed by atoms with E-state index >= 15 is 0 Å². The molecule has 0 aromatic carbocycles. The second kappa shape index (κ2) is 5.01. The molecule has 0 saturated heterocycles. The van der Waals surface area contributed by atoms with Crippen LogP contribution in [-0.4, -0.2) is 12.6 Å². The van der Waals surface area contributed by atoms with Gasteiger partial charge >= 0.3 is 0 Å². The van der Waals surface area contributed by atoms with Crippen molar-refractivity contribution in [3.8, 4) is 0 Å². The molecule has 1 rings (SSSR count). The molecule has 0 saturated carbocycles. The number of furan rings is 1. The Bertz CT molecular complexity index is 310. The Kier molecular flexibility index (Phi) is 3.96. The van der Waals surface area contributed by atoms with Crippen LogP contribution in [0, 0.1) is 6.92 Å². The van der Waals surface area contributed by atoms with E-state index in [0.717, 1.165) is 18.1 Å². The Morgan fingerprint density at radius 2 is 2.21 bits per heavy atom. The molecule has 1 aromatic heterocycles. The largest absolute Gasteiger partial charge is 0.462 e. The lowest BCUT2D eigenvalue weighted by atomic mass is 10.2. The molecule has 0 bridgehead atoms. The normalized spacial score (nSPS) is 12.5. The van der Waals surface area contributed by atoms with Crippen LogP contribution in [0.5, 0.6) is 0 Å². The first-order valence-electron chi connectivity index (χ1n) is 5.05. The molecule has 0 aliphatic carbocycles. The molecule has 2 nitrogen and oxygen atoms in total. The van der Waals surface area contributed by atoms with E-state index in [1.807, 2.05) is 19.1 Å². The molecule has 1 aromatic rings. The van der Waals surface area contributed by atoms with Gasteiger partial charge in [0.15, 0.2) is 0 Å². The van der Waals surface area contributed by atoms with Gasteiger partial charge in [0, 0.05) is 12.6 Å². The van der Waals surface area contributed by atoms with Gasteiger partial charge in [-0.2, -0.15) is 0 Å². The highest BCUT2D eigenvalue weighted by atomic mass is 16.3. The van der Waals surface area contributed by atoms with Gasteiger partial charge in [0.1, 0.15) is 11.5 Å². The van der Waals surface area contributed by atoms with E-state index in [4.69, 9.17) is 4.42 Å². The van der Waals surface area contributed by atoms with Crippen LogP contribution < -0.4 is 5.32 Å². The predicted molar refractivity (Wildman–Crippen MR) is 60.2 cm³/mol. The van der Waals surface area contributed by atoms with Crippen molar-refractivity contribution < 1.29 is 4.42 Å². The van der Waals surface area contributed by atoms with E-state index in [0.29, 0.717) is 6.04 Å². The standard InChI is InChI=1S/C12H19NO/c1-9(2)13-8-10(3)7-12-6-5-11(4)14-12/h5-7,9,13H,8H2,1-4H3. The molecule has 1 heterocycles. The van der Waals surface area contributed by atoms with Gasteiger partial charge in [0.25, 0.3) is 0 Å². The van der Waals surface area contributed by atoms with Gasteiger partial charge in [0.05, 0.1) is 0 Å². The number of rotatable bonds is 4. The van der Waals surface area contributed by atoms with Gasteiger partial charge < -0.3 is 9.73 Å². The molecule has 0 radical (unpaired) electrons. The maximum Gasteiger partial charge on any atom is 0.127 e. The lowest BCUT2D eigenvalue weighted by Crippen LogP contribution is -2.24. The predicted octanol–water partition coefficient (Wildman–Crippen LogP) is 2.99. The van der Waals surface area contributed by atoms with E-state index < -0.39 is 0 Å². The fraction of sp³-hybridized carbons (Fsp3) is 0.500. The fourth-order valence-electron chi connectivity index (χ4n) is 1.19. The molecule has 1 N–H and O–H groups in total.